The van der Waals surface area contributed by atoms with Crippen LogP contribution < -0.4 is 10.2 Å². The average Bonchev–Trinajstić information content (AvgIpc) is 2.55. The molecule has 0 saturated carbocycles. The van der Waals surface area contributed by atoms with Crippen LogP contribution in [0, 0.1) is 5.82 Å². The van der Waals surface area contributed by atoms with Crippen molar-refractivity contribution in [1.82, 2.24) is 0 Å². The molecule has 1 aliphatic heterocycles. The highest BCUT2D eigenvalue weighted by molar-refractivity contribution is 8.02. The minimum atomic E-state index is -1.28. The number of hydrogen-bond acceptors (Lipinski definition) is 3. The Morgan fingerprint density at radius 1 is 1.17 bits per heavy atom. The first kappa shape index (κ1) is 15.6. The lowest BCUT2D eigenvalue weighted by Crippen LogP contribution is -2.53. The van der Waals surface area contributed by atoms with Crippen molar-refractivity contribution in [3.8, 4) is 0 Å². The zero-order valence-corrected chi connectivity index (χ0v) is 13.5. The molecule has 0 aliphatic carbocycles. The van der Waals surface area contributed by atoms with Gasteiger partial charge in [0.05, 0.1) is 5.69 Å². The van der Waals surface area contributed by atoms with E-state index in [9.17, 15) is 14.0 Å². The maximum absolute atomic E-state index is 13.0. The molecule has 1 N–H and O–H groups in total. The fourth-order valence-corrected chi connectivity index (χ4v) is 3.70. The Balaban J connectivity index is 1.90. The first-order chi connectivity index (χ1) is 10.9. The first-order valence-electron chi connectivity index (χ1n) is 7.05. The van der Waals surface area contributed by atoms with Crippen LogP contribution in [0.25, 0.3) is 0 Å². The molecule has 6 heteroatoms. The number of anilines is 2. The van der Waals surface area contributed by atoms with E-state index < -0.39 is 10.7 Å². The molecule has 3 rings (SSSR count). The summed E-state index contributed by atoms with van der Waals surface area (Å²) in [5.41, 5.74) is 1.24. The maximum atomic E-state index is 13.0. The summed E-state index contributed by atoms with van der Waals surface area (Å²) in [7, 11) is 1.66. The van der Waals surface area contributed by atoms with Gasteiger partial charge in [0.1, 0.15) is 5.82 Å². The summed E-state index contributed by atoms with van der Waals surface area (Å²) in [5.74, 6) is -1.10. The van der Waals surface area contributed by atoms with E-state index >= 15 is 0 Å². The minimum absolute atomic E-state index is 0.291. The highest BCUT2D eigenvalue weighted by atomic mass is 32.2. The van der Waals surface area contributed by atoms with Crippen molar-refractivity contribution < 1.29 is 14.0 Å². The Hall–Kier alpha value is -2.34. The molecule has 0 saturated heterocycles. The van der Waals surface area contributed by atoms with Crippen molar-refractivity contribution in [1.29, 1.82) is 0 Å². The third kappa shape index (κ3) is 2.70. The number of nitrogens with one attached hydrogen (secondary N) is 1. The Kier molecular flexibility index (Phi) is 3.85. The number of carbonyl (C=O) groups excluding carboxylic acids is 2. The van der Waals surface area contributed by atoms with E-state index in [1.54, 1.807) is 14.0 Å². The van der Waals surface area contributed by atoms with E-state index in [4.69, 9.17) is 0 Å². The molecule has 0 bridgehead atoms. The van der Waals surface area contributed by atoms with Crippen molar-refractivity contribution >= 4 is 35.0 Å². The Morgan fingerprint density at radius 2 is 1.83 bits per heavy atom. The molecule has 0 aromatic heterocycles. The van der Waals surface area contributed by atoms with Crippen molar-refractivity contribution in [2.45, 2.75) is 16.6 Å². The molecule has 1 heterocycles. The second-order valence-corrected chi connectivity index (χ2v) is 6.89. The lowest BCUT2D eigenvalue weighted by atomic mass is 10.1. The number of fused-ring (bicyclic) bond motifs is 1. The normalized spacial score (nSPS) is 20.1. The van der Waals surface area contributed by atoms with E-state index in [2.05, 4.69) is 5.32 Å². The van der Waals surface area contributed by atoms with Gasteiger partial charge in [0, 0.05) is 17.6 Å². The predicted molar refractivity (Wildman–Crippen MR) is 89.1 cm³/mol. The molecule has 4 nitrogen and oxygen atoms in total. The summed E-state index contributed by atoms with van der Waals surface area (Å²) in [5, 5.41) is 2.69. The van der Waals surface area contributed by atoms with Crippen LogP contribution >= 0.6 is 11.8 Å². The highest BCUT2D eigenvalue weighted by Crippen LogP contribution is 2.45. The van der Waals surface area contributed by atoms with Crippen LogP contribution in [0.2, 0.25) is 0 Å². The van der Waals surface area contributed by atoms with Gasteiger partial charge in [0.15, 0.2) is 4.75 Å². The van der Waals surface area contributed by atoms with Gasteiger partial charge < -0.3 is 10.2 Å². The van der Waals surface area contributed by atoms with Crippen molar-refractivity contribution in [3.05, 3.63) is 54.3 Å². The first-order valence-corrected chi connectivity index (χ1v) is 7.87. The van der Waals surface area contributed by atoms with Gasteiger partial charge in [-0.25, -0.2) is 4.39 Å². The lowest BCUT2D eigenvalue weighted by molar-refractivity contribution is -0.128. The van der Waals surface area contributed by atoms with Gasteiger partial charge in [-0.2, -0.15) is 0 Å². The van der Waals surface area contributed by atoms with Gasteiger partial charge >= 0.3 is 0 Å². The molecule has 0 spiro atoms. The number of para-hydroxylation sites is 1. The fourth-order valence-electron chi connectivity index (χ4n) is 2.44. The van der Waals surface area contributed by atoms with E-state index in [1.165, 1.54) is 40.9 Å². The second kappa shape index (κ2) is 5.70. The van der Waals surface area contributed by atoms with E-state index in [-0.39, 0.29) is 11.7 Å². The maximum Gasteiger partial charge on any atom is 0.252 e. The van der Waals surface area contributed by atoms with Gasteiger partial charge in [-0.05, 0) is 43.3 Å². The Labute approximate surface area is 137 Å². The van der Waals surface area contributed by atoms with Crippen LogP contribution in [-0.4, -0.2) is 23.6 Å². The third-order valence-corrected chi connectivity index (χ3v) is 5.12. The lowest BCUT2D eigenvalue weighted by Gasteiger charge is -2.36. The van der Waals surface area contributed by atoms with Gasteiger partial charge in [-0.15, -0.1) is 0 Å². The summed E-state index contributed by atoms with van der Waals surface area (Å²) in [6.07, 6.45) is 0. The van der Waals surface area contributed by atoms with Gasteiger partial charge in [0.25, 0.3) is 5.91 Å². The summed E-state index contributed by atoms with van der Waals surface area (Å²) in [6.45, 7) is 1.60. The number of nitrogens with zero attached hydrogens (tertiary/aromatic N) is 1. The van der Waals surface area contributed by atoms with Crippen molar-refractivity contribution in [2.24, 2.45) is 0 Å². The smallest absolute Gasteiger partial charge is 0.252 e. The quantitative estimate of drug-likeness (QED) is 0.860. The number of thioether (sulfide) groups is 1. The van der Waals surface area contributed by atoms with E-state index in [0.717, 1.165) is 10.6 Å². The zero-order valence-electron chi connectivity index (χ0n) is 12.7. The summed E-state index contributed by atoms with van der Waals surface area (Å²) >= 11 is 1.22. The second-order valence-electron chi connectivity index (χ2n) is 5.43. The summed E-state index contributed by atoms with van der Waals surface area (Å²) in [6, 6.07) is 12.9. The van der Waals surface area contributed by atoms with E-state index in [1.807, 2.05) is 24.3 Å². The average molecular weight is 330 g/mol. The molecule has 1 aliphatic rings. The fraction of sp³-hybridized carbons (Fsp3) is 0.176. The Bertz CT molecular complexity index is 778. The zero-order chi connectivity index (χ0) is 16.6. The monoisotopic (exact) mass is 330 g/mol. The molecule has 2 amide bonds. The van der Waals surface area contributed by atoms with Crippen LogP contribution in [0.4, 0.5) is 15.8 Å². The van der Waals surface area contributed by atoms with Crippen LogP contribution in [0.1, 0.15) is 6.92 Å². The minimum Gasteiger partial charge on any atom is -0.324 e. The van der Waals surface area contributed by atoms with Gasteiger partial charge in [-0.1, -0.05) is 23.9 Å². The molecule has 2 aromatic carbocycles. The van der Waals surface area contributed by atoms with E-state index in [0.29, 0.717) is 5.69 Å². The standard InChI is InChI=1S/C17H15FN2O2S/c1-17(15(21)19-12-9-7-11(18)8-10-12)16(22)20(2)13-5-3-4-6-14(13)23-17/h3-10H,1-2H3,(H,19,21). The third-order valence-electron chi connectivity index (χ3n) is 3.79. The Morgan fingerprint density at radius 3 is 2.52 bits per heavy atom. The number of amides is 2. The number of rotatable bonds is 2. The molecule has 23 heavy (non-hydrogen) atoms. The molecule has 1 unspecified atom stereocenters. The van der Waals surface area contributed by atoms with Crippen LogP contribution in [0.5, 0.6) is 0 Å². The van der Waals surface area contributed by atoms with Crippen LogP contribution in [0.3, 0.4) is 0 Å². The largest absolute Gasteiger partial charge is 0.324 e. The summed E-state index contributed by atoms with van der Waals surface area (Å²) in [4.78, 5) is 27.7. The SMILES string of the molecule is CN1C(=O)C(C)(C(=O)Nc2ccc(F)cc2)Sc2ccccc21. The number of benzene rings is 2. The summed E-state index contributed by atoms with van der Waals surface area (Å²) < 4.78 is 11.7. The van der Waals surface area contributed by atoms with Crippen LogP contribution in [-0.2, 0) is 9.59 Å². The molecule has 1 atom stereocenters. The van der Waals surface area contributed by atoms with Gasteiger partial charge in [0.2, 0.25) is 5.91 Å². The van der Waals surface area contributed by atoms with Crippen molar-refractivity contribution in [3.63, 3.8) is 0 Å². The number of halogens is 1. The highest BCUT2D eigenvalue weighted by Gasteiger charge is 2.48. The number of carbonyl (C=O) groups is 2. The molecule has 0 fully saturated rings. The molecule has 2 aromatic rings. The van der Waals surface area contributed by atoms with Crippen molar-refractivity contribution in [2.75, 3.05) is 17.3 Å². The molecule has 0 radical (unpaired) electrons. The molecule has 118 valence electrons. The van der Waals surface area contributed by atoms with Gasteiger partial charge in [-0.3, -0.25) is 9.59 Å². The topological polar surface area (TPSA) is 49.4 Å². The molecular formula is C17H15FN2O2S. The number of hydrogen-bond donors (Lipinski definition) is 1. The molecular weight excluding hydrogens is 315 g/mol. The predicted octanol–water partition coefficient (Wildman–Crippen LogP) is 3.29. The van der Waals surface area contributed by atoms with Crippen LogP contribution in [0.15, 0.2) is 53.4 Å².